The van der Waals surface area contributed by atoms with Gasteiger partial charge in [-0.3, -0.25) is 34.0 Å². The van der Waals surface area contributed by atoms with Crippen LogP contribution in [-0.4, -0.2) is 146 Å². The van der Waals surface area contributed by atoms with Crippen molar-refractivity contribution < 1.29 is 28.6 Å². The van der Waals surface area contributed by atoms with Crippen LogP contribution in [0.2, 0.25) is 0 Å². The summed E-state index contributed by atoms with van der Waals surface area (Å²) < 4.78 is 17.3. The Morgan fingerprint density at radius 2 is 1.00 bits per heavy atom. The summed E-state index contributed by atoms with van der Waals surface area (Å²) in [4.78, 5) is 47.3. The Kier molecular flexibility index (Phi) is 18.7. The molecule has 45 heavy (non-hydrogen) atoms. The van der Waals surface area contributed by atoms with Crippen molar-refractivity contribution in [2.45, 2.75) is 112 Å². The maximum atomic E-state index is 12.9. The second-order valence-electron chi connectivity index (χ2n) is 15.2. The first-order valence-electron chi connectivity index (χ1n) is 17.1. The van der Waals surface area contributed by atoms with E-state index in [4.69, 9.17) is 14.2 Å². The summed E-state index contributed by atoms with van der Waals surface area (Å²) in [6.07, 6.45) is 4.41. The second kappa shape index (κ2) is 20.4. The first kappa shape index (κ1) is 41.2. The first-order chi connectivity index (χ1) is 20.8. The monoisotopic (exact) mass is 642 g/mol. The smallest absolute Gasteiger partial charge is 0.320 e. The molecule has 1 amide bonds. The fourth-order valence-electron chi connectivity index (χ4n) is 4.91. The van der Waals surface area contributed by atoms with E-state index in [0.29, 0.717) is 52.4 Å². The van der Waals surface area contributed by atoms with E-state index in [1.54, 1.807) is 0 Å². The minimum absolute atomic E-state index is 0.000927. The van der Waals surface area contributed by atoms with Gasteiger partial charge in [0, 0.05) is 65.4 Å². The molecule has 0 bridgehead atoms. The highest BCUT2D eigenvalue weighted by molar-refractivity contribution is 5.78. The number of unbranched alkanes of at least 4 members (excludes halogenated alkanes) is 3. The number of nitrogens with zero attached hydrogens (tertiary/aromatic N) is 4. The van der Waals surface area contributed by atoms with Crippen molar-refractivity contribution in [3.63, 3.8) is 0 Å². The van der Waals surface area contributed by atoms with Gasteiger partial charge in [0.2, 0.25) is 5.91 Å². The van der Waals surface area contributed by atoms with E-state index in [-0.39, 0.29) is 43.1 Å². The van der Waals surface area contributed by atoms with Crippen LogP contribution in [0.4, 0.5) is 0 Å². The number of carbonyl (C=O) groups is 3. The molecule has 0 radical (unpaired) electrons. The minimum Gasteiger partial charge on any atom is -0.459 e. The maximum absolute atomic E-state index is 12.9. The van der Waals surface area contributed by atoms with E-state index in [0.717, 1.165) is 38.9 Å². The summed E-state index contributed by atoms with van der Waals surface area (Å²) in [6, 6.07) is 0. The molecular weight excluding hydrogens is 574 g/mol. The Balaban J connectivity index is 3.09. The Bertz CT molecular complexity index is 819. The number of carbonyl (C=O) groups excluding carboxylic acids is 3. The molecule has 0 spiro atoms. The van der Waals surface area contributed by atoms with Crippen LogP contribution in [0.3, 0.4) is 0 Å². The van der Waals surface area contributed by atoms with Crippen molar-refractivity contribution in [1.82, 2.24) is 24.9 Å². The second-order valence-corrected chi connectivity index (χ2v) is 15.2. The van der Waals surface area contributed by atoms with Crippen molar-refractivity contribution in [3.8, 4) is 0 Å². The highest BCUT2D eigenvalue weighted by Crippen LogP contribution is 2.11. The summed E-state index contributed by atoms with van der Waals surface area (Å²) in [7, 11) is 0. The molecule has 0 atom stereocenters. The van der Waals surface area contributed by atoms with Crippen LogP contribution < -0.4 is 5.32 Å². The standard InChI is InChI=1S/C34H67N5O6/c1-11-12-13-14-15-35-29(40)26-37-20-22-38(27-30(41)44-33(5,6)7)18-16-36(24-25-43-32(2,3)4)17-19-39(23-21-37)28-31(42)45-34(8,9)10/h11-28H2,1-10H3,(H,35,40). The fourth-order valence-corrected chi connectivity index (χ4v) is 4.91. The zero-order valence-corrected chi connectivity index (χ0v) is 30.5. The van der Waals surface area contributed by atoms with Gasteiger partial charge in [-0.25, -0.2) is 0 Å². The van der Waals surface area contributed by atoms with Crippen molar-refractivity contribution in [2.75, 3.05) is 91.7 Å². The van der Waals surface area contributed by atoms with Crippen molar-refractivity contribution in [1.29, 1.82) is 0 Å². The van der Waals surface area contributed by atoms with E-state index < -0.39 is 11.2 Å². The van der Waals surface area contributed by atoms with E-state index >= 15 is 0 Å². The maximum Gasteiger partial charge on any atom is 0.320 e. The first-order valence-corrected chi connectivity index (χ1v) is 17.1. The van der Waals surface area contributed by atoms with Crippen molar-refractivity contribution >= 4 is 17.8 Å². The molecule has 0 aliphatic carbocycles. The van der Waals surface area contributed by atoms with Crippen LogP contribution >= 0.6 is 0 Å². The molecule has 0 aromatic carbocycles. The SMILES string of the molecule is CCCCCCNC(=O)CN1CCN(CC(=O)OC(C)(C)C)CCN(CCOC(C)(C)C)CCN(CC(=O)OC(C)(C)C)CC1. The van der Waals surface area contributed by atoms with Gasteiger partial charge in [-0.05, 0) is 68.7 Å². The van der Waals surface area contributed by atoms with Gasteiger partial charge in [-0.15, -0.1) is 0 Å². The summed E-state index contributed by atoms with van der Waals surface area (Å²) in [5.74, 6) is -0.504. The molecule has 1 heterocycles. The third-order valence-corrected chi connectivity index (χ3v) is 7.14. The zero-order chi connectivity index (χ0) is 34.1. The summed E-state index contributed by atoms with van der Waals surface area (Å²) in [6.45, 7) is 27.5. The summed E-state index contributed by atoms with van der Waals surface area (Å²) in [5, 5.41) is 3.07. The van der Waals surface area contributed by atoms with Crippen LogP contribution in [0.5, 0.6) is 0 Å². The molecule has 0 saturated carbocycles. The zero-order valence-electron chi connectivity index (χ0n) is 30.5. The number of rotatable bonds is 14. The third-order valence-electron chi connectivity index (χ3n) is 7.14. The molecule has 0 aromatic heterocycles. The van der Waals surface area contributed by atoms with E-state index in [2.05, 4.69) is 31.8 Å². The molecule has 0 aromatic rings. The van der Waals surface area contributed by atoms with Crippen molar-refractivity contribution in [3.05, 3.63) is 0 Å². The predicted molar refractivity (Wildman–Crippen MR) is 180 cm³/mol. The number of esters is 2. The van der Waals surface area contributed by atoms with E-state index in [9.17, 15) is 14.4 Å². The number of nitrogens with one attached hydrogen (secondary N) is 1. The summed E-state index contributed by atoms with van der Waals surface area (Å²) >= 11 is 0. The average Bonchev–Trinajstić information content (AvgIpc) is 2.86. The fraction of sp³-hybridized carbons (Fsp3) is 0.912. The largest absolute Gasteiger partial charge is 0.459 e. The number of amides is 1. The van der Waals surface area contributed by atoms with Gasteiger partial charge >= 0.3 is 11.9 Å². The van der Waals surface area contributed by atoms with Crippen LogP contribution in [-0.2, 0) is 28.6 Å². The van der Waals surface area contributed by atoms with Gasteiger partial charge in [-0.1, -0.05) is 26.2 Å². The molecule has 11 heteroatoms. The molecule has 1 aliphatic rings. The molecule has 1 rings (SSSR count). The molecule has 1 saturated heterocycles. The Morgan fingerprint density at radius 1 is 0.578 bits per heavy atom. The van der Waals surface area contributed by atoms with E-state index in [1.807, 2.05) is 62.3 Å². The Labute approximate surface area is 274 Å². The van der Waals surface area contributed by atoms with Gasteiger partial charge in [0.25, 0.3) is 0 Å². The molecule has 1 aliphatic heterocycles. The van der Waals surface area contributed by atoms with Crippen LogP contribution in [0.1, 0.15) is 94.9 Å². The summed E-state index contributed by atoms with van der Waals surface area (Å²) in [5.41, 5.74) is -1.35. The lowest BCUT2D eigenvalue weighted by atomic mass is 10.2. The van der Waals surface area contributed by atoms with Crippen molar-refractivity contribution in [2.24, 2.45) is 0 Å². The van der Waals surface area contributed by atoms with Crippen LogP contribution in [0, 0.1) is 0 Å². The van der Waals surface area contributed by atoms with Gasteiger partial charge in [0.05, 0.1) is 31.8 Å². The topological polar surface area (TPSA) is 104 Å². The Hall–Kier alpha value is -1.79. The van der Waals surface area contributed by atoms with Crippen LogP contribution in [0.25, 0.3) is 0 Å². The van der Waals surface area contributed by atoms with Gasteiger partial charge < -0.3 is 19.5 Å². The molecule has 1 fully saturated rings. The number of ether oxygens (including phenoxy) is 3. The lowest BCUT2D eigenvalue weighted by Crippen LogP contribution is -2.50. The van der Waals surface area contributed by atoms with Gasteiger partial charge in [0.15, 0.2) is 0 Å². The number of hydrogen-bond donors (Lipinski definition) is 1. The molecule has 0 unspecified atom stereocenters. The lowest BCUT2D eigenvalue weighted by molar-refractivity contribution is -0.157. The highest BCUT2D eigenvalue weighted by atomic mass is 16.6. The lowest BCUT2D eigenvalue weighted by Gasteiger charge is -2.34. The number of hydrogen-bond acceptors (Lipinski definition) is 10. The normalized spacial score (nSPS) is 17.7. The highest BCUT2D eigenvalue weighted by Gasteiger charge is 2.24. The van der Waals surface area contributed by atoms with E-state index in [1.165, 1.54) is 6.42 Å². The molecule has 11 nitrogen and oxygen atoms in total. The third kappa shape index (κ3) is 23.2. The quantitative estimate of drug-likeness (QED) is 0.224. The van der Waals surface area contributed by atoms with Gasteiger partial charge in [-0.2, -0.15) is 0 Å². The minimum atomic E-state index is -0.557. The molecular formula is C34H67N5O6. The average molecular weight is 642 g/mol. The molecule has 264 valence electrons. The van der Waals surface area contributed by atoms with Gasteiger partial charge in [0.1, 0.15) is 11.2 Å². The predicted octanol–water partition coefficient (Wildman–Crippen LogP) is 3.40. The molecule has 1 N–H and O–H groups in total. The Morgan fingerprint density at radius 3 is 1.40 bits per heavy atom. The van der Waals surface area contributed by atoms with Crippen LogP contribution in [0.15, 0.2) is 0 Å².